The van der Waals surface area contributed by atoms with Gasteiger partial charge in [-0.2, -0.15) is 0 Å². The van der Waals surface area contributed by atoms with E-state index in [0.717, 1.165) is 5.56 Å². The first-order chi connectivity index (χ1) is 24.8. The van der Waals surface area contributed by atoms with Crippen molar-refractivity contribution in [3.05, 3.63) is 29.8 Å². The molecule has 1 aliphatic heterocycles. The number of benzene rings is 1. The predicted octanol–water partition coefficient (Wildman–Crippen LogP) is 4.79. The van der Waals surface area contributed by atoms with Gasteiger partial charge in [0.15, 0.2) is 0 Å². The second-order valence-corrected chi connectivity index (χ2v) is 17.8. The molecule has 0 aliphatic carbocycles. The summed E-state index contributed by atoms with van der Waals surface area (Å²) in [5, 5.41) is 0. The molecule has 312 valence electrons. The first kappa shape index (κ1) is 49.3. The Morgan fingerprint density at radius 1 is 0.673 bits per heavy atom. The van der Waals surface area contributed by atoms with Crippen LogP contribution in [0.25, 0.3) is 0 Å². The minimum Gasteiger partial charge on any atom is -0.481 e. The molecule has 1 aromatic rings. The van der Waals surface area contributed by atoms with E-state index in [2.05, 4.69) is 5.92 Å². The number of rotatable bonds is 14. The van der Waals surface area contributed by atoms with Crippen LogP contribution in [-0.4, -0.2) is 144 Å². The molecule has 0 radical (unpaired) electrons. The van der Waals surface area contributed by atoms with Gasteiger partial charge in [0.05, 0.1) is 26.2 Å². The van der Waals surface area contributed by atoms with Gasteiger partial charge in [-0.3, -0.25) is 38.8 Å². The highest BCUT2D eigenvalue weighted by molar-refractivity contribution is 5.73. The van der Waals surface area contributed by atoms with Crippen LogP contribution in [0.15, 0.2) is 24.3 Å². The van der Waals surface area contributed by atoms with Crippen LogP contribution < -0.4 is 4.74 Å². The van der Waals surface area contributed by atoms with Crippen molar-refractivity contribution in [1.82, 2.24) is 19.6 Å². The van der Waals surface area contributed by atoms with Crippen molar-refractivity contribution in [2.45, 2.75) is 126 Å². The van der Waals surface area contributed by atoms with Crippen LogP contribution in [0.5, 0.6) is 5.75 Å². The zero-order valence-corrected chi connectivity index (χ0v) is 34.9. The lowest BCUT2D eigenvalue weighted by atomic mass is 10.1. The fourth-order valence-electron chi connectivity index (χ4n) is 5.80. The highest BCUT2D eigenvalue weighted by Crippen LogP contribution is 2.19. The molecule has 1 heterocycles. The molecule has 1 atom stereocenters. The standard InChI is InChI=1S/C41H66N4O9.CH4/c1-14-23-50-33-17-15-31(16-18-33)24-44(29-36(48)53-40(8,9)10)26-32-25-43(28-35(47)52-39(5,6)7)20-19-42(27-34(46)51-38(2,3)4)21-22-45(32)30-37(49)54-41(11,12)13;/h1,15-18,32H,19-30H2,2-13H3;1H4. The molecule has 0 spiro atoms. The van der Waals surface area contributed by atoms with Gasteiger partial charge < -0.3 is 23.7 Å². The van der Waals surface area contributed by atoms with Crippen LogP contribution in [0.3, 0.4) is 0 Å². The highest BCUT2D eigenvalue weighted by atomic mass is 16.6. The number of nitrogens with zero attached hydrogens (tertiary/aromatic N) is 4. The van der Waals surface area contributed by atoms with Gasteiger partial charge in [0, 0.05) is 51.9 Å². The van der Waals surface area contributed by atoms with Crippen LogP contribution in [0.4, 0.5) is 0 Å². The molecular formula is C42H70N4O9. The first-order valence-corrected chi connectivity index (χ1v) is 18.7. The van der Waals surface area contributed by atoms with Crippen molar-refractivity contribution in [2.75, 3.05) is 72.1 Å². The van der Waals surface area contributed by atoms with Crippen molar-refractivity contribution in [3.8, 4) is 18.1 Å². The van der Waals surface area contributed by atoms with E-state index in [0.29, 0.717) is 51.6 Å². The van der Waals surface area contributed by atoms with Crippen LogP contribution in [-0.2, 0) is 44.7 Å². The molecule has 0 bridgehead atoms. The summed E-state index contributed by atoms with van der Waals surface area (Å²) in [6, 6.07) is 7.11. The Kier molecular flexibility index (Phi) is 19.3. The summed E-state index contributed by atoms with van der Waals surface area (Å²) >= 11 is 0. The molecule has 55 heavy (non-hydrogen) atoms. The maximum atomic E-state index is 13.5. The van der Waals surface area contributed by atoms with Crippen LogP contribution in [0.1, 0.15) is 96.1 Å². The average Bonchev–Trinajstić information content (AvgIpc) is 3.03. The van der Waals surface area contributed by atoms with Crippen LogP contribution in [0, 0.1) is 12.3 Å². The van der Waals surface area contributed by atoms with E-state index >= 15 is 0 Å². The number of terminal acetylenes is 1. The normalized spacial score (nSPS) is 16.8. The van der Waals surface area contributed by atoms with Crippen molar-refractivity contribution in [1.29, 1.82) is 0 Å². The first-order valence-electron chi connectivity index (χ1n) is 18.7. The van der Waals surface area contributed by atoms with Gasteiger partial charge in [-0.05, 0) is 101 Å². The molecule has 0 N–H and O–H groups in total. The Hall–Kier alpha value is -3.70. The number of carbonyl (C=O) groups is 4. The smallest absolute Gasteiger partial charge is 0.320 e. The number of hydrogen-bond donors (Lipinski definition) is 0. The van der Waals surface area contributed by atoms with E-state index < -0.39 is 40.3 Å². The summed E-state index contributed by atoms with van der Waals surface area (Å²) in [5.41, 5.74) is -1.83. The van der Waals surface area contributed by atoms with Gasteiger partial charge in [0.25, 0.3) is 0 Å². The van der Waals surface area contributed by atoms with E-state index in [4.69, 9.17) is 30.1 Å². The summed E-state index contributed by atoms with van der Waals surface area (Å²) in [5.74, 6) is 1.52. The largest absolute Gasteiger partial charge is 0.481 e. The third kappa shape index (κ3) is 22.4. The molecule has 1 unspecified atom stereocenters. The average molecular weight is 775 g/mol. The maximum absolute atomic E-state index is 13.5. The lowest BCUT2D eigenvalue weighted by Gasteiger charge is -2.37. The monoisotopic (exact) mass is 775 g/mol. The molecule has 1 aromatic carbocycles. The van der Waals surface area contributed by atoms with Gasteiger partial charge in [-0.25, -0.2) is 0 Å². The number of ether oxygens (including phenoxy) is 5. The molecule has 0 aromatic heterocycles. The van der Waals surface area contributed by atoms with Gasteiger partial charge >= 0.3 is 23.9 Å². The lowest BCUT2D eigenvalue weighted by molar-refractivity contribution is -0.159. The van der Waals surface area contributed by atoms with E-state index in [9.17, 15) is 19.2 Å². The highest BCUT2D eigenvalue weighted by Gasteiger charge is 2.33. The quantitative estimate of drug-likeness (QED) is 0.146. The number of carbonyl (C=O) groups excluding carboxylic acids is 4. The zero-order chi connectivity index (χ0) is 40.9. The minimum absolute atomic E-state index is 0. The van der Waals surface area contributed by atoms with E-state index in [1.165, 1.54) is 0 Å². The summed E-state index contributed by atoms with van der Waals surface area (Å²) in [7, 11) is 0. The lowest BCUT2D eigenvalue weighted by Crippen LogP contribution is -2.54. The van der Waals surface area contributed by atoms with Gasteiger partial charge in [0.1, 0.15) is 34.8 Å². The molecule has 0 amide bonds. The fourth-order valence-corrected chi connectivity index (χ4v) is 5.80. The van der Waals surface area contributed by atoms with Crippen molar-refractivity contribution in [2.24, 2.45) is 0 Å². The van der Waals surface area contributed by atoms with Crippen molar-refractivity contribution < 1.29 is 42.9 Å². The Labute approximate surface area is 331 Å². The van der Waals surface area contributed by atoms with E-state index in [1.54, 1.807) is 0 Å². The van der Waals surface area contributed by atoms with Crippen molar-refractivity contribution >= 4 is 23.9 Å². The second kappa shape index (κ2) is 21.6. The Morgan fingerprint density at radius 3 is 1.60 bits per heavy atom. The van der Waals surface area contributed by atoms with Crippen LogP contribution in [0.2, 0.25) is 0 Å². The minimum atomic E-state index is -0.712. The van der Waals surface area contributed by atoms with Crippen molar-refractivity contribution in [3.63, 3.8) is 0 Å². The van der Waals surface area contributed by atoms with Crippen LogP contribution >= 0.6 is 0 Å². The number of esters is 4. The molecule has 1 fully saturated rings. The van der Waals surface area contributed by atoms with Gasteiger partial charge in [0.2, 0.25) is 0 Å². The molecule has 1 saturated heterocycles. The molecule has 0 saturated carbocycles. The molecule has 13 nitrogen and oxygen atoms in total. The Morgan fingerprint density at radius 2 is 1.11 bits per heavy atom. The molecule has 1 aliphatic rings. The second-order valence-electron chi connectivity index (χ2n) is 17.8. The van der Waals surface area contributed by atoms with Gasteiger partial charge in [-0.15, -0.1) is 6.42 Å². The Bertz CT molecular complexity index is 1410. The summed E-state index contributed by atoms with van der Waals surface area (Å²) in [4.78, 5) is 61.0. The SMILES string of the molecule is C.C#CCOc1ccc(CN(CC(=O)OC(C)(C)C)CC2CN(CC(=O)OC(C)(C)C)CCN(CC(=O)OC(C)(C)C)CCN2CC(=O)OC(C)(C)C)cc1. The zero-order valence-electron chi connectivity index (χ0n) is 34.9. The maximum Gasteiger partial charge on any atom is 0.320 e. The number of hydrogen-bond acceptors (Lipinski definition) is 13. The van der Waals surface area contributed by atoms with E-state index in [-0.39, 0.29) is 52.2 Å². The topological polar surface area (TPSA) is 127 Å². The predicted molar refractivity (Wildman–Crippen MR) is 214 cm³/mol. The fraction of sp³-hybridized carbons (Fsp3) is 0.714. The summed E-state index contributed by atoms with van der Waals surface area (Å²) in [6.07, 6.45) is 5.36. The van der Waals surface area contributed by atoms with Gasteiger partial charge in [-0.1, -0.05) is 25.5 Å². The molecule has 13 heteroatoms. The third-order valence-corrected chi connectivity index (χ3v) is 7.61. The van der Waals surface area contributed by atoms with E-state index in [1.807, 2.05) is 127 Å². The third-order valence-electron chi connectivity index (χ3n) is 7.61. The molecule has 2 rings (SSSR count). The summed E-state index contributed by atoms with van der Waals surface area (Å²) in [6.45, 7) is 24.7. The Balaban J connectivity index is 0.0000151. The summed E-state index contributed by atoms with van der Waals surface area (Å²) < 4.78 is 28.4. The molecular weight excluding hydrogens is 704 g/mol.